The van der Waals surface area contributed by atoms with Crippen molar-refractivity contribution < 1.29 is 33.7 Å². The van der Waals surface area contributed by atoms with Crippen LogP contribution >= 0.6 is 0 Å². The van der Waals surface area contributed by atoms with Crippen LogP contribution in [0.5, 0.6) is 0 Å². The van der Waals surface area contributed by atoms with Gasteiger partial charge in [-0.05, 0) is 24.7 Å². The molecule has 3 heterocycles. The summed E-state index contributed by atoms with van der Waals surface area (Å²) in [4.78, 5) is 37.9. The average Bonchev–Trinajstić information content (AvgIpc) is 3.15. The largest absolute Gasteiger partial charge is 0.459 e. The maximum Gasteiger partial charge on any atom is 0.354 e. The van der Waals surface area contributed by atoms with E-state index in [1.54, 1.807) is 0 Å². The van der Waals surface area contributed by atoms with Gasteiger partial charge in [0.25, 0.3) is 5.60 Å². The van der Waals surface area contributed by atoms with Gasteiger partial charge in [0.15, 0.2) is 5.60 Å². The summed E-state index contributed by atoms with van der Waals surface area (Å²) in [5, 5.41) is 11.5. The van der Waals surface area contributed by atoms with Crippen molar-refractivity contribution in [3.63, 3.8) is 0 Å². The molecule has 3 aliphatic heterocycles. The fraction of sp³-hybridized carbons (Fsp3) is 0.833. The van der Waals surface area contributed by atoms with Gasteiger partial charge in [0.2, 0.25) is 0 Å². The van der Waals surface area contributed by atoms with E-state index in [-0.39, 0.29) is 17.8 Å². The Labute approximate surface area is 145 Å². The lowest BCUT2D eigenvalue weighted by molar-refractivity contribution is -0.202. The number of carbonyl (C=O) groups is 3. The fourth-order valence-electron chi connectivity index (χ4n) is 6.56. The monoisotopic (exact) mass is 350 g/mol. The molecule has 0 radical (unpaired) electrons. The van der Waals surface area contributed by atoms with Crippen molar-refractivity contribution in [3.8, 4) is 0 Å². The second kappa shape index (κ2) is 3.87. The lowest BCUT2D eigenvalue weighted by Crippen LogP contribution is -2.64. The van der Waals surface area contributed by atoms with E-state index in [9.17, 15) is 19.5 Å². The molecule has 5 rings (SSSR count). The van der Waals surface area contributed by atoms with Crippen molar-refractivity contribution >= 4 is 17.9 Å². The minimum atomic E-state index is -1.87. The molecule has 25 heavy (non-hydrogen) atoms. The quantitative estimate of drug-likeness (QED) is 0.504. The standard InChI is InChI=1S/C18H22O7/c1-7-12(19)23-10-6-16-9-5-8(15(2,3)4)11(16)13(20)25-18(16,14(21)24-9)17(7,10)22/h7-11,22H,5-6H2,1-4H3/t7-,8-,9?,10+,11?,16-,17-,18+/m1/s1. The van der Waals surface area contributed by atoms with E-state index in [2.05, 4.69) is 20.8 Å². The SMILES string of the molecule is C[C@@H]1C(=O)O[C@H]2C[C@@]34C5C[C@@H](C(C)(C)C)C3C(=O)O[C@]4(C(=O)O5)[C@]21O. The Morgan fingerprint density at radius 3 is 2.40 bits per heavy atom. The predicted molar refractivity (Wildman–Crippen MR) is 80.8 cm³/mol. The first-order chi connectivity index (χ1) is 11.5. The Hall–Kier alpha value is -1.63. The molecule has 5 aliphatic rings. The third-order valence-electron chi connectivity index (χ3n) is 7.66. The van der Waals surface area contributed by atoms with E-state index in [0.29, 0.717) is 6.42 Å². The Bertz CT molecular complexity index is 738. The zero-order chi connectivity index (χ0) is 18.2. The fourth-order valence-corrected chi connectivity index (χ4v) is 6.56. The molecule has 1 spiro atoms. The van der Waals surface area contributed by atoms with Gasteiger partial charge in [-0.25, -0.2) is 4.79 Å². The molecule has 5 fully saturated rings. The first kappa shape index (κ1) is 15.6. The molecule has 0 aromatic rings. The van der Waals surface area contributed by atoms with Crippen LogP contribution in [0.25, 0.3) is 0 Å². The minimum Gasteiger partial charge on any atom is -0.459 e. The summed E-state index contributed by atoms with van der Waals surface area (Å²) in [6, 6.07) is 0. The number of fused-ring (bicyclic) bond motifs is 1. The lowest BCUT2D eigenvalue weighted by atomic mass is 9.62. The minimum absolute atomic E-state index is 0.0339. The molecule has 0 amide bonds. The van der Waals surface area contributed by atoms with Crippen LogP contribution in [-0.4, -0.2) is 46.4 Å². The Morgan fingerprint density at radius 2 is 1.76 bits per heavy atom. The summed E-state index contributed by atoms with van der Waals surface area (Å²) in [6.45, 7) is 7.68. The van der Waals surface area contributed by atoms with Crippen LogP contribution < -0.4 is 0 Å². The zero-order valence-corrected chi connectivity index (χ0v) is 14.7. The van der Waals surface area contributed by atoms with Crippen molar-refractivity contribution in [2.24, 2.45) is 28.6 Å². The molecular formula is C18H22O7. The number of hydrogen-bond donors (Lipinski definition) is 1. The van der Waals surface area contributed by atoms with E-state index in [4.69, 9.17) is 14.2 Å². The van der Waals surface area contributed by atoms with Crippen LogP contribution in [-0.2, 0) is 28.6 Å². The Kier molecular flexibility index (Phi) is 2.42. The van der Waals surface area contributed by atoms with E-state index in [0.717, 1.165) is 0 Å². The summed E-state index contributed by atoms with van der Waals surface area (Å²) in [5.74, 6) is -3.28. The van der Waals surface area contributed by atoms with Gasteiger partial charge < -0.3 is 19.3 Å². The molecule has 3 saturated heterocycles. The number of hydrogen-bond acceptors (Lipinski definition) is 7. The highest BCUT2D eigenvalue weighted by atomic mass is 16.7. The molecule has 0 aromatic carbocycles. The normalized spacial score (nSPS) is 55.6. The zero-order valence-electron chi connectivity index (χ0n) is 14.7. The van der Waals surface area contributed by atoms with Crippen molar-refractivity contribution in [2.45, 2.75) is 63.9 Å². The second-order valence-electron chi connectivity index (χ2n) is 9.40. The van der Waals surface area contributed by atoms with Crippen molar-refractivity contribution in [1.29, 1.82) is 0 Å². The second-order valence-corrected chi connectivity index (χ2v) is 9.40. The van der Waals surface area contributed by atoms with Gasteiger partial charge in [0, 0.05) is 6.42 Å². The van der Waals surface area contributed by atoms with Gasteiger partial charge in [-0.3, -0.25) is 9.59 Å². The summed E-state index contributed by atoms with van der Waals surface area (Å²) >= 11 is 0. The molecule has 7 heteroatoms. The first-order valence-electron chi connectivity index (χ1n) is 8.88. The van der Waals surface area contributed by atoms with Crippen LogP contribution in [0.1, 0.15) is 40.5 Å². The number of rotatable bonds is 0. The molecule has 2 unspecified atom stereocenters. The third-order valence-corrected chi connectivity index (χ3v) is 7.66. The highest BCUT2D eigenvalue weighted by Crippen LogP contribution is 2.77. The predicted octanol–water partition coefficient (Wildman–Crippen LogP) is 0.572. The van der Waals surface area contributed by atoms with Gasteiger partial charge in [0.1, 0.15) is 12.2 Å². The van der Waals surface area contributed by atoms with E-state index < -0.39 is 58.6 Å². The Morgan fingerprint density at radius 1 is 1.08 bits per heavy atom. The average molecular weight is 350 g/mol. The number of ether oxygens (including phenoxy) is 3. The molecule has 136 valence electrons. The van der Waals surface area contributed by atoms with Crippen molar-refractivity contribution in [2.75, 3.05) is 0 Å². The molecule has 8 atom stereocenters. The molecule has 2 saturated carbocycles. The van der Waals surface area contributed by atoms with E-state index in [1.165, 1.54) is 6.92 Å². The van der Waals surface area contributed by atoms with Crippen LogP contribution in [0.2, 0.25) is 0 Å². The van der Waals surface area contributed by atoms with E-state index >= 15 is 0 Å². The van der Waals surface area contributed by atoms with Gasteiger partial charge >= 0.3 is 17.9 Å². The topological polar surface area (TPSA) is 99.1 Å². The Balaban J connectivity index is 1.76. The van der Waals surface area contributed by atoms with Gasteiger partial charge in [-0.15, -0.1) is 0 Å². The highest BCUT2D eigenvalue weighted by Gasteiger charge is 2.95. The smallest absolute Gasteiger partial charge is 0.354 e. The van der Waals surface area contributed by atoms with Crippen LogP contribution in [0, 0.1) is 28.6 Å². The number of esters is 3. The number of aliphatic hydroxyl groups is 1. The van der Waals surface area contributed by atoms with Crippen molar-refractivity contribution in [3.05, 3.63) is 0 Å². The number of carbonyl (C=O) groups excluding carboxylic acids is 3. The molecule has 2 aliphatic carbocycles. The maximum atomic E-state index is 12.9. The summed E-state index contributed by atoms with van der Waals surface area (Å²) < 4.78 is 16.8. The summed E-state index contributed by atoms with van der Waals surface area (Å²) in [5.41, 5.74) is -4.84. The molecular weight excluding hydrogens is 328 g/mol. The third kappa shape index (κ3) is 1.24. The maximum absolute atomic E-state index is 12.9. The van der Waals surface area contributed by atoms with Crippen LogP contribution in [0.4, 0.5) is 0 Å². The van der Waals surface area contributed by atoms with Gasteiger partial charge in [-0.1, -0.05) is 20.8 Å². The molecule has 0 bridgehead atoms. The molecule has 7 nitrogen and oxygen atoms in total. The van der Waals surface area contributed by atoms with Crippen LogP contribution in [0.3, 0.4) is 0 Å². The molecule has 1 N–H and O–H groups in total. The van der Waals surface area contributed by atoms with Crippen LogP contribution in [0.15, 0.2) is 0 Å². The van der Waals surface area contributed by atoms with Gasteiger partial charge in [-0.2, -0.15) is 0 Å². The van der Waals surface area contributed by atoms with E-state index in [1.807, 2.05) is 0 Å². The van der Waals surface area contributed by atoms with Crippen molar-refractivity contribution in [1.82, 2.24) is 0 Å². The lowest BCUT2D eigenvalue weighted by Gasteiger charge is -2.38. The summed E-state index contributed by atoms with van der Waals surface area (Å²) in [7, 11) is 0. The highest BCUT2D eigenvalue weighted by molar-refractivity contribution is 5.98. The van der Waals surface area contributed by atoms with Gasteiger partial charge in [0.05, 0.1) is 17.3 Å². The first-order valence-corrected chi connectivity index (χ1v) is 8.88. The molecule has 0 aromatic heterocycles. The summed E-state index contributed by atoms with van der Waals surface area (Å²) in [6.07, 6.45) is -0.568.